The van der Waals surface area contributed by atoms with Gasteiger partial charge in [0.05, 0.1) is 13.2 Å². The Labute approximate surface area is 139 Å². The topological polar surface area (TPSA) is 188 Å². The predicted molar refractivity (Wildman–Crippen MR) is 76.5 cm³/mol. The van der Waals surface area contributed by atoms with Crippen LogP contribution in [-0.2, 0) is 14.3 Å². The molecule has 0 aromatic carbocycles. The Morgan fingerprint density at radius 1 is 1.28 bits per heavy atom. The third kappa shape index (κ3) is 17.5. The molecule has 0 aromatic rings. The molecule has 144 valence electrons. The maximum atomic E-state index is 11.0. The molecular formula is C11H18F3N5O6. The van der Waals surface area contributed by atoms with Crippen LogP contribution in [0.15, 0.2) is 5.11 Å². The van der Waals surface area contributed by atoms with Gasteiger partial charge in [-0.05, 0) is 24.8 Å². The molecule has 0 heterocycles. The fraction of sp³-hybridized carbons (Fsp3) is 0.727. The number of hydrogen-bond acceptors (Lipinski definition) is 6. The molecule has 0 fully saturated rings. The molecule has 0 aliphatic rings. The van der Waals surface area contributed by atoms with Crippen molar-refractivity contribution in [2.24, 2.45) is 10.8 Å². The third-order valence-corrected chi connectivity index (χ3v) is 2.26. The Kier molecular flexibility index (Phi) is 13.4. The van der Waals surface area contributed by atoms with E-state index in [0.29, 0.717) is 25.8 Å². The van der Waals surface area contributed by atoms with Crippen LogP contribution in [0.1, 0.15) is 19.3 Å². The van der Waals surface area contributed by atoms with E-state index in [-0.39, 0.29) is 13.2 Å². The van der Waals surface area contributed by atoms with Crippen molar-refractivity contribution in [3.05, 3.63) is 10.4 Å². The lowest BCUT2D eigenvalue weighted by Gasteiger charge is -2.07. The minimum atomic E-state index is -5.08. The van der Waals surface area contributed by atoms with Gasteiger partial charge in [-0.25, -0.2) is 9.59 Å². The van der Waals surface area contributed by atoms with E-state index >= 15 is 0 Å². The highest BCUT2D eigenvalue weighted by Crippen LogP contribution is 2.13. The van der Waals surface area contributed by atoms with Gasteiger partial charge in [0.25, 0.3) is 0 Å². The van der Waals surface area contributed by atoms with Crippen LogP contribution in [0.25, 0.3) is 10.4 Å². The molecule has 0 saturated heterocycles. The van der Waals surface area contributed by atoms with Crippen molar-refractivity contribution in [3.63, 3.8) is 0 Å². The minimum Gasteiger partial charge on any atom is -0.480 e. The molecule has 0 spiro atoms. The number of unbranched alkanes of at least 4 members (excludes halogenated alkanes) is 1. The zero-order valence-corrected chi connectivity index (χ0v) is 12.9. The first-order valence-electron chi connectivity index (χ1n) is 6.72. The van der Waals surface area contributed by atoms with Gasteiger partial charge < -0.3 is 26.0 Å². The van der Waals surface area contributed by atoms with Gasteiger partial charge in [-0.15, -0.1) is 0 Å². The minimum absolute atomic E-state index is 0.0276. The number of carbonyl (C=O) groups is 3. The molecule has 14 heteroatoms. The van der Waals surface area contributed by atoms with Gasteiger partial charge in [-0.2, -0.15) is 13.2 Å². The number of alkyl halides is 3. The SMILES string of the molecule is O=C(O)C(F)(F)F.[N-]=[N+]=NCCOC(=O)NCCCC[C@H](N)C(=O)O. The number of halogens is 3. The summed E-state index contributed by atoms with van der Waals surface area (Å²) in [5, 5.41) is 21.3. The number of nitrogens with one attached hydrogen (secondary N) is 1. The molecule has 1 amide bonds. The van der Waals surface area contributed by atoms with Crippen molar-refractivity contribution < 1.29 is 42.5 Å². The van der Waals surface area contributed by atoms with Gasteiger partial charge in [-0.1, -0.05) is 5.11 Å². The first-order valence-corrected chi connectivity index (χ1v) is 6.72. The maximum Gasteiger partial charge on any atom is 0.490 e. The number of nitrogens with zero attached hydrogens (tertiary/aromatic N) is 3. The van der Waals surface area contributed by atoms with Crippen LogP contribution in [0.2, 0.25) is 0 Å². The predicted octanol–water partition coefficient (Wildman–Crippen LogP) is 1.24. The third-order valence-electron chi connectivity index (χ3n) is 2.26. The van der Waals surface area contributed by atoms with Gasteiger partial charge in [-0.3, -0.25) is 4.79 Å². The van der Waals surface area contributed by atoms with Crippen LogP contribution in [0.5, 0.6) is 0 Å². The summed E-state index contributed by atoms with van der Waals surface area (Å²) in [5.74, 6) is -3.78. The van der Waals surface area contributed by atoms with Crippen LogP contribution in [0.4, 0.5) is 18.0 Å². The highest BCUT2D eigenvalue weighted by atomic mass is 19.4. The Hall–Kier alpha value is -2.73. The number of carbonyl (C=O) groups excluding carboxylic acids is 1. The molecule has 0 bridgehead atoms. The number of azide groups is 1. The number of rotatable bonds is 9. The van der Waals surface area contributed by atoms with Gasteiger partial charge in [0, 0.05) is 11.5 Å². The summed E-state index contributed by atoms with van der Waals surface area (Å²) in [5.41, 5.74) is 13.3. The Morgan fingerprint density at radius 3 is 2.28 bits per heavy atom. The highest BCUT2D eigenvalue weighted by Gasteiger charge is 2.38. The summed E-state index contributed by atoms with van der Waals surface area (Å²) < 4.78 is 36.4. The summed E-state index contributed by atoms with van der Waals surface area (Å²) >= 11 is 0. The number of carboxylic acid groups (broad SMARTS) is 2. The largest absolute Gasteiger partial charge is 0.490 e. The molecule has 0 unspecified atom stereocenters. The van der Waals surface area contributed by atoms with Crippen molar-refractivity contribution in [1.29, 1.82) is 0 Å². The number of aliphatic carboxylic acids is 2. The molecule has 0 saturated carbocycles. The van der Waals surface area contributed by atoms with Gasteiger partial charge >= 0.3 is 24.2 Å². The second-order valence-electron chi connectivity index (χ2n) is 4.26. The molecule has 25 heavy (non-hydrogen) atoms. The number of nitrogens with two attached hydrogens (primary N) is 1. The number of ether oxygens (including phenoxy) is 1. The molecule has 0 radical (unpaired) electrons. The smallest absolute Gasteiger partial charge is 0.480 e. The van der Waals surface area contributed by atoms with E-state index in [1.807, 2.05) is 0 Å². The Bertz CT molecular complexity index is 481. The normalized spacial score (nSPS) is 11.2. The van der Waals surface area contributed by atoms with E-state index in [4.69, 9.17) is 26.3 Å². The van der Waals surface area contributed by atoms with Gasteiger partial charge in [0.15, 0.2) is 0 Å². The zero-order valence-electron chi connectivity index (χ0n) is 12.9. The van der Waals surface area contributed by atoms with E-state index < -0.39 is 30.2 Å². The van der Waals surface area contributed by atoms with Crippen molar-refractivity contribution in [2.75, 3.05) is 19.7 Å². The van der Waals surface area contributed by atoms with Crippen LogP contribution < -0.4 is 11.1 Å². The fourth-order valence-electron chi connectivity index (χ4n) is 1.08. The van der Waals surface area contributed by atoms with Gasteiger partial charge in [0.1, 0.15) is 6.04 Å². The van der Waals surface area contributed by atoms with Crippen LogP contribution in [0, 0.1) is 0 Å². The van der Waals surface area contributed by atoms with Gasteiger partial charge in [0.2, 0.25) is 0 Å². The number of hydrogen-bond donors (Lipinski definition) is 4. The maximum absolute atomic E-state index is 11.0. The zero-order chi connectivity index (χ0) is 19.9. The van der Waals surface area contributed by atoms with Crippen LogP contribution in [-0.4, -0.2) is 60.2 Å². The van der Waals surface area contributed by atoms with E-state index in [9.17, 15) is 22.8 Å². The number of carboxylic acids is 2. The first kappa shape index (κ1) is 24.5. The van der Waals surface area contributed by atoms with E-state index in [1.165, 1.54) is 0 Å². The average Bonchev–Trinajstić information content (AvgIpc) is 2.50. The van der Waals surface area contributed by atoms with Crippen LogP contribution in [0.3, 0.4) is 0 Å². The molecule has 0 aliphatic carbocycles. The highest BCUT2D eigenvalue weighted by molar-refractivity contribution is 5.73. The van der Waals surface area contributed by atoms with Crippen LogP contribution >= 0.6 is 0 Å². The summed E-state index contributed by atoms with van der Waals surface area (Å²) in [6, 6.07) is -0.860. The molecule has 5 N–H and O–H groups in total. The monoisotopic (exact) mass is 373 g/mol. The fourth-order valence-corrected chi connectivity index (χ4v) is 1.08. The Morgan fingerprint density at radius 2 is 1.84 bits per heavy atom. The molecule has 0 aliphatic heterocycles. The average molecular weight is 373 g/mol. The standard InChI is InChI=1S/C9H17N5O4.C2HF3O2/c10-7(8(15)16)3-1-2-4-12-9(17)18-6-5-13-14-11;3-2(4,5)1(6)7/h7H,1-6,10H2,(H,12,17)(H,15,16);(H,6,7)/t7-;/m0./s1. The molecule has 11 nitrogen and oxygen atoms in total. The van der Waals surface area contributed by atoms with E-state index in [0.717, 1.165) is 0 Å². The molecule has 0 aromatic heterocycles. The van der Waals surface area contributed by atoms with Crippen molar-refractivity contribution >= 4 is 18.0 Å². The molecule has 0 rings (SSSR count). The lowest BCUT2D eigenvalue weighted by atomic mass is 10.1. The molecule has 1 atom stereocenters. The summed E-state index contributed by atoms with van der Waals surface area (Å²) in [7, 11) is 0. The summed E-state index contributed by atoms with van der Waals surface area (Å²) in [4.78, 5) is 32.8. The second-order valence-corrected chi connectivity index (χ2v) is 4.26. The Balaban J connectivity index is 0. The first-order chi connectivity index (χ1) is 11.5. The quantitative estimate of drug-likeness (QED) is 0.202. The van der Waals surface area contributed by atoms with Crippen molar-refractivity contribution in [1.82, 2.24) is 5.32 Å². The van der Waals surface area contributed by atoms with Crippen molar-refractivity contribution in [3.8, 4) is 0 Å². The number of alkyl carbamates (subject to hydrolysis) is 1. The second kappa shape index (κ2) is 13.7. The lowest BCUT2D eigenvalue weighted by molar-refractivity contribution is -0.192. The summed E-state index contributed by atoms with van der Waals surface area (Å²) in [6.45, 7) is 0.504. The van der Waals surface area contributed by atoms with Crippen molar-refractivity contribution in [2.45, 2.75) is 31.5 Å². The van der Waals surface area contributed by atoms with E-state index in [2.05, 4.69) is 20.1 Å². The molecular weight excluding hydrogens is 355 g/mol. The van der Waals surface area contributed by atoms with E-state index in [1.54, 1.807) is 0 Å². The summed E-state index contributed by atoms with van der Waals surface area (Å²) in [6.07, 6.45) is -4.09. The number of amides is 1. The lowest BCUT2D eigenvalue weighted by Crippen LogP contribution is -2.30.